The average Bonchev–Trinajstić information content (AvgIpc) is 3.10. The highest BCUT2D eigenvalue weighted by molar-refractivity contribution is 5.74. The van der Waals surface area contributed by atoms with Crippen molar-refractivity contribution in [1.29, 1.82) is 0 Å². The molecule has 192 valence electrons. The summed E-state index contributed by atoms with van der Waals surface area (Å²) in [5, 5.41) is 12.9. The van der Waals surface area contributed by atoms with Crippen molar-refractivity contribution in [2.75, 3.05) is 0 Å². The second-order valence-corrected chi connectivity index (χ2v) is 10.1. The van der Waals surface area contributed by atoms with Gasteiger partial charge in [-0.1, -0.05) is 38.2 Å². The number of rotatable bonds is 5. The Labute approximate surface area is 204 Å². The number of carbonyl (C=O) groups is 1. The first-order chi connectivity index (χ1) is 16.6. The van der Waals surface area contributed by atoms with Crippen LogP contribution < -0.4 is 10.1 Å². The van der Waals surface area contributed by atoms with Crippen molar-refractivity contribution in [1.82, 2.24) is 9.88 Å². The Hall–Kier alpha value is -2.48. The number of carbonyl (C=O) groups excluding carboxylic acids is 1. The topological polar surface area (TPSA) is 63.5 Å². The molecule has 1 heterocycles. The van der Waals surface area contributed by atoms with Crippen molar-refractivity contribution in [3.05, 3.63) is 41.1 Å². The number of alkyl halides is 3. The summed E-state index contributed by atoms with van der Waals surface area (Å²) in [5.74, 6) is 0.759. The van der Waals surface area contributed by atoms with Crippen LogP contribution in [-0.2, 0) is 12.7 Å². The van der Waals surface area contributed by atoms with Gasteiger partial charge < -0.3 is 19.7 Å². The van der Waals surface area contributed by atoms with Gasteiger partial charge in [-0.15, -0.1) is 0 Å². The van der Waals surface area contributed by atoms with Crippen molar-refractivity contribution >= 4 is 6.09 Å². The smallest absolute Gasteiger partial charge is 0.408 e. The predicted octanol–water partition coefficient (Wildman–Crippen LogP) is 6.76. The number of nitrogens with one attached hydrogen (secondary N) is 1. The van der Waals surface area contributed by atoms with Gasteiger partial charge in [-0.2, -0.15) is 13.2 Å². The maximum absolute atomic E-state index is 13.5. The molecule has 1 aromatic heterocycles. The zero-order valence-electron chi connectivity index (χ0n) is 20.5. The van der Waals surface area contributed by atoms with Crippen molar-refractivity contribution in [3.63, 3.8) is 0 Å². The van der Waals surface area contributed by atoms with Gasteiger partial charge in [-0.3, -0.25) is 0 Å². The Morgan fingerprint density at radius 3 is 2.43 bits per heavy atom. The van der Waals surface area contributed by atoms with Crippen molar-refractivity contribution in [3.8, 4) is 17.0 Å². The molecule has 2 aliphatic carbocycles. The Morgan fingerprint density at radius 1 is 1.06 bits per heavy atom. The lowest BCUT2D eigenvalue weighted by atomic mass is 9.89. The highest BCUT2D eigenvalue weighted by Gasteiger charge is 2.32. The molecular formula is C27H35F3N2O3. The van der Waals surface area contributed by atoms with Gasteiger partial charge in [0.25, 0.3) is 0 Å². The Morgan fingerprint density at radius 2 is 1.74 bits per heavy atom. The molecule has 1 aromatic carbocycles. The second kappa shape index (κ2) is 10.6. The quantitative estimate of drug-likeness (QED) is 0.485. The van der Waals surface area contributed by atoms with E-state index in [1.165, 1.54) is 18.6 Å². The van der Waals surface area contributed by atoms with Crippen LogP contribution in [0.25, 0.3) is 11.3 Å². The highest BCUT2D eigenvalue weighted by atomic mass is 19.4. The number of aromatic nitrogens is 1. The largest absolute Gasteiger partial charge is 0.416 e. The summed E-state index contributed by atoms with van der Waals surface area (Å²) in [6.07, 6.45) is 3.15. The van der Waals surface area contributed by atoms with Crippen LogP contribution in [0.15, 0.2) is 24.3 Å². The molecule has 2 saturated carbocycles. The maximum Gasteiger partial charge on any atom is 0.416 e. The van der Waals surface area contributed by atoms with Gasteiger partial charge in [-0.25, -0.2) is 4.79 Å². The molecule has 1 amide bonds. The molecule has 0 radical (unpaired) electrons. The molecule has 2 N–H and O–H groups in total. The first kappa shape index (κ1) is 25.6. The molecule has 2 fully saturated rings. The molecule has 8 heteroatoms. The Kier molecular flexibility index (Phi) is 7.79. The minimum Gasteiger partial charge on any atom is -0.408 e. The zero-order chi connectivity index (χ0) is 25.2. The summed E-state index contributed by atoms with van der Waals surface area (Å²) < 4.78 is 48.2. The van der Waals surface area contributed by atoms with E-state index in [4.69, 9.17) is 4.74 Å². The lowest BCUT2D eigenvalue weighted by Gasteiger charge is -2.27. The van der Waals surface area contributed by atoms with Gasteiger partial charge in [0, 0.05) is 18.2 Å². The van der Waals surface area contributed by atoms with Gasteiger partial charge >= 0.3 is 12.3 Å². The maximum atomic E-state index is 13.5. The van der Waals surface area contributed by atoms with Crippen molar-refractivity contribution in [2.45, 2.75) is 96.5 Å². The first-order valence-corrected chi connectivity index (χ1v) is 12.7. The van der Waals surface area contributed by atoms with Gasteiger partial charge in [-0.05, 0) is 63.1 Å². The Bertz CT molecular complexity index is 1040. The van der Waals surface area contributed by atoms with E-state index in [2.05, 4.69) is 5.32 Å². The summed E-state index contributed by atoms with van der Waals surface area (Å²) in [7, 11) is 0. The van der Waals surface area contributed by atoms with E-state index in [1.807, 2.05) is 11.5 Å². The van der Waals surface area contributed by atoms with Crippen LogP contribution in [0.2, 0.25) is 0 Å². The molecule has 0 saturated heterocycles. The fourth-order valence-electron chi connectivity index (χ4n) is 5.44. The lowest BCUT2D eigenvalue weighted by molar-refractivity contribution is -0.137. The van der Waals surface area contributed by atoms with Gasteiger partial charge in [0.15, 0.2) is 5.75 Å². The molecule has 5 nitrogen and oxygen atoms in total. The Balaban J connectivity index is 1.66. The second-order valence-electron chi connectivity index (χ2n) is 10.1. The zero-order valence-corrected chi connectivity index (χ0v) is 20.5. The van der Waals surface area contributed by atoms with Crippen molar-refractivity contribution < 1.29 is 27.8 Å². The number of hydrogen-bond donors (Lipinski definition) is 2. The van der Waals surface area contributed by atoms with Gasteiger partial charge in [0.1, 0.15) is 0 Å². The molecule has 2 aromatic rings. The molecule has 0 spiro atoms. The van der Waals surface area contributed by atoms with E-state index in [-0.39, 0.29) is 6.04 Å². The van der Waals surface area contributed by atoms with Crippen molar-refractivity contribution in [2.24, 2.45) is 5.92 Å². The predicted molar refractivity (Wildman–Crippen MR) is 128 cm³/mol. The third kappa shape index (κ3) is 6.02. The number of halogens is 3. The molecule has 0 aliphatic heterocycles. The molecule has 2 atom stereocenters. The molecule has 4 rings (SSSR count). The van der Waals surface area contributed by atoms with Gasteiger partial charge in [0.05, 0.1) is 29.1 Å². The molecule has 0 unspecified atom stereocenters. The van der Waals surface area contributed by atoms with Crippen LogP contribution in [0.5, 0.6) is 5.75 Å². The minimum atomic E-state index is -4.45. The van der Waals surface area contributed by atoms with Crippen LogP contribution in [-0.4, -0.2) is 27.9 Å². The average molecular weight is 493 g/mol. The van der Waals surface area contributed by atoms with Crippen LogP contribution in [0.4, 0.5) is 18.0 Å². The fourth-order valence-corrected chi connectivity index (χ4v) is 5.44. The number of aliphatic hydroxyl groups is 1. The third-order valence-corrected chi connectivity index (χ3v) is 7.56. The van der Waals surface area contributed by atoms with E-state index in [9.17, 15) is 23.1 Å². The van der Waals surface area contributed by atoms with E-state index in [1.54, 1.807) is 13.0 Å². The number of nitrogens with zero attached hydrogens (tertiary/aromatic N) is 1. The lowest BCUT2D eigenvalue weighted by Crippen LogP contribution is -2.46. The normalized spacial score (nSPS) is 21.7. The van der Waals surface area contributed by atoms with E-state index < -0.39 is 23.9 Å². The third-order valence-electron chi connectivity index (χ3n) is 7.56. The molecular weight excluding hydrogens is 457 g/mol. The highest BCUT2D eigenvalue weighted by Crippen LogP contribution is 2.38. The minimum absolute atomic E-state index is 0.329. The van der Waals surface area contributed by atoms with Crippen LogP contribution in [0, 0.1) is 19.8 Å². The van der Waals surface area contributed by atoms with Crippen LogP contribution in [0.1, 0.15) is 74.6 Å². The van der Waals surface area contributed by atoms with Crippen LogP contribution in [0.3, 0.4) is 0 Å². The van der Waals surface area contributed by atoms with Gasteiger partial charge in [0.2, 0.25) is 0 Å². The number of ether oxygens (including phenoxy) is 1. The first-order valence-electron chi connectivity index (χ1n) is 12.7. The number of aryl methyl sites for hydroxylation is 1. The summed E-state index contributed by atoms with van der Waals surface area (Å²) in [4.78, 5) is 12.7. The summed E-state index contributed by atoms with van der Waals surface area (Å²) >= 11 is 0. The fraction of sp³-hybridized carbons (Fsp3) is 0.593. The van der Waals surface area contributed by atoms with E-state index >= 15 is 0 Å². The van der Waals surface area contributed by atoms with E-state index in [0.29, 0.717) is 48.0 Å². The number of hydrogen-bond acceptors (Lipinski definition) is 3. The monoisotopic (exact) mass is 492 g/mol. The van der Waals surface area contributed by atoms with E-state index in [0.717, 1.165) is 50.2 Å². The summed E-state index contributed by atoms with van der Waals surface area (Å²) in [6.45, 7) is 4.30. The number of amides is 1. The summed E-state index contributed by atoms with van der Waals surface area (Å²) in [6, 6.07) is 5.09. The molecule has 35 heavy (non-hydrogen) atoms. The molecule has 2 aliphatic rings. The summed E-state index contributed by atoms with van der Waals surface area (Å²) in [5.41, 5.74) is 1.84. The SMILES string of the molecule is Cc1ccc(C(F)(F)F)cc1-c1cc(OC(=O)N[C@@H]2CCCC[C@H]2O)c(C)n1CC1CCCCC1. The standard InChI is InChI=1S/C27H35F3N2O3/c1-17-12-13-20(27(28,29)30)14-21(17)23-15-25(18(2)32(23)16-19-8-4-3-5-9-19)35-26(34)31-22-10-6-7-11-24(22)33/h12-15,19,22,24,33H,3-11,16H2,1-2H3,(H,31,34)/t22-,24-/m1/s1. The number of aliphatic hydroxyl groups excluding tert-OH is 1. The number of benzene rings is 1. The van der Waals surface area contributed by atoms with Crippen LogP contribution >= 0.6 is 0 Å². The molecule has 0 bridgehead atoms.